The van der Waals surface area contributed by atoms with Gasteiger partial charge in [-0.1, -0.05) is 120 Å². The Morgan fingerprint density at radius 2 is 1.10 bits per heavy atom. The molecule has 4 atom stereocenters. The number of carbonyl (C=O) groups excluding carboxylic acids is 6. The number of halogens is 5. The van der Waals surface area contributed by atoms with Crippen LogP contribution < -0.4 is 10.8 Å². The maximum Gasteiger partial charge on any atom is 0.497 e. The Morgan fingerprint density at radius 3 is 1.63 bits per heavy atom. The number of hydrogen-bond donors (Lipinski definition) is 1. The number of fused-ring (bicyclic) bond motifs is 4. The van der Waals surface area contributed by atoms with Gasteiger partial charge >= 0.3 is 7.12 Å². The van der Waals surface area contributed by atoms with Crippen LogP contribution in [0.5, 0.6) is 0 Å². The molecule has 0 spiro atoms. The second-order valence-corrected chi connectivity index (χ2v) is 25.7. The molecule has 494 valence electrons. The van der Waals surface area contributed by atoms with Crippen LogP contribution in [0.2, 0.25) is 0 Å². The van der Waals surface area contributed by atoms with Crippen LogP contribution in [-0.2, 0) is 103 Å². The van der Waals surface area contributed by atoms with Gasteiger partial charge in [-0.25, -0.2) is 17.6 Å². The van der Waals surface area contributed by atoms with Crippen LogP contribution in [0.15, 0.2) is 126 Å². The Bertz CT molecular complexity index is 4170. The van der Waals surface area contributed by atoms with Crippen LogP contribution in [-0.4, -0.2) is 120 Å². The van der Waals surface area contributed by atoms with Crippen LogP contribution in [0, 0.1) is 11.6 Å². The van der Waals surface area contributed by atoms with Crippen molar-refractivity contribution >= 4 is 121 Å². The molecule has 13 rings (SSSR count). The van der Waals surface area contributed by atoms with Gasteiger partial charge in [-0.05, 0) is 110 Å². The number of amides is 2. The monoisotopic (exact) mass is 1400 g/mol. The highest BCUT2D eigenvalue weighted by Crippen LogP contribution is 2.38. The smallest absolute Gasteiger partial charge is 0.399 e. The molecular weight excluding hydrogens is 1330 g/mol. The number of benzene rings is 6. The molecule has 6 aromatic carbocycles. The summed E-state index contributed by atoms with van der Waals surface area (Å²) >= 11 is 10.8. The molecule has 2 amide bonds. The summed E-state index contributed by atoms with van der Waals surface area (Å²) in [7, 11) is -0.941. The van der Waals surface area contributed by atoms with Crippen LogP contribution in [0.25, 0.3) is 32.9 Å². The Labute approximate surface area is 570 Å². The number of carbonyl (C=O) groups is 6. The highest BCUT2D eigenvalue weighted by Gasteiger charge is 2.53. The molecule has 94 heavy (non-hydrogen) atoms. The highest BCUT2D eigenvalue weighted by molar-refractivity contribution is 9.10. The van der Waals surface area contributed by atoms with E-state index >= 15 is 8.78 Å². The lowest BCUT2D eigenvalue weighted by Crippen LogP contribution is -2.43. The number of para-hydroxylation sites is 2. The predicted molar refractivity (Wildman–Crippen MR) is 369 cm³/mol. The molecule has 5 aliphatic rings. The Hall–Kier alpha value is -7.19. The SMILES string of the molecule is Brc1ccc2c(c1)CNC2.C.CC(=O)c1nn(CC(=O)N2C[C@H](F)C[C@H]2C(=O)Cc2cccc(-c3ccc4c(c3)CCC4)c2F)c2ccccc12.CC(=O)c1nn(CC(=O)N2C[C@H](F)C[C@H]2C(=O)Cc2cccc(B3OC(C)(C)C(C)(C)O3)c2F)c2ccccc12.S.S=S. The van der Waals surface area contributed by atoms with Crippen molar-refractivity contribution in [3.63, 3.8) is 0 Å². The molecule has 8 aromatic rings. The largest absolute Gasteiger partial charge is 0.497 e. The van der Waals surface area contributed by atoms with Crippen LogP contribution in [0.1, 0.15) is 123 Å². The molecule has 3 saturated heterocycles. The van der Waals surface area contributed by atoms with E-state index in [4.69, 9.17) is 9.31 Å². The molecule has 3 fully saturated rings. The van der Waals surface area contributed by atoms with Gasteiger partial charge in [0.25, 0.3) is 0 Å². The number of ketones is 4. The van der Waals surface area contributed by atoms with E-state index in [2.05, 4.69) is 72.0 Å². The van der Waals surface area contributed by atoms with Gasteiger partial charge in [0, 0.05) is 101 Å². The predicted octanol–water partition coefficient (Wildman–Crippen LogP) is 11.5. The van der Waals surface area contributed by atoms with E-state index < -0.39 is 77.8 Å². The number of hydrogen-bond acceptors (Lipinski definition) is 13. The van der Waals surface area contributed by atoms with Crippen molar-refractivity contribution in [1.82, 2.24) is 34.7 Å². The number of nitrogens with one attached hydrogen (secondary N) is 1. The van der Waals surface area contributed by atoms with Gasteiger partial charge in [-0.2, -0.15) is 23.7 Å². The Balaban J connectivity index is 0.000000201. The lowest BCUT2D eigenvalue weighted by Gasteiger charge is -2.32. The zero-order chi connectivity index (χ0) is 65.9. The zero-order valence-corrected chi connectivity index (χ0v) is 56.5. The van der Waals surface area contributed by atoms with Gasteiger partial charge in [-0.15, -0.1) is 0 Å². The minimum atomic E-state index is -1.39. The highest BCUT2D eigenvalue weighted by atomic mass is 79.9. The van der Waals surface area contributed by atoms with E-state index in [9.17, 15) is 37.5 Å². The third kappa shape index (κ3) is 15.5. The van der Waals surface area contributed by atoms with Crippen molar-refractivity contribution in [2.24, 2.45) is 0 Å². The van der Waals surface area contributed by atoms with Crippen molar-refractivity contribution in [2.45, 2.75) is 156 Å². The molecule has 6 heterocycles. The van der Waals surface area contributed by atoms with Crippen molar-refractivity contribution in [3.05, 3.63) is 182 Å². The number of aromatic nitrogens is 4. The summed E-state index contributed by atoms with van der Waals surface area (Å²) in [5, 5.41) is 13.2. The molecule has 0 unspecified atom stereocenters. The van der Waals surface area contributed by atoms with Gasteiger partial charge in [0.2, 0.25) is 11.8 Å². The Kier molecular flexibility index (Phi) is 23.7. The van der Waals surface area contributed by atoms with Gasteiger partial charge in [0.05, 0.1) is 47.4 Å². The zero-order valence-electron chi connectivity index (χ0n) is 52.3. The summed E-state index contributed by atoms with van der Waals surface area (Å²) in [4.78, 5) is 80.0. The minimum Gasteiger partial charge on any atom is -0.399 e. The number of aryl methyl sites for hydroxylation is 2. The molecule has 0 radical (unpaired) electrons. The van der Waals surface area contributed by atoms with Crippen molar-refractivity contribution in [1.29, 1.82) is 0 Å². The first-order valence-corrected chi connectivity index (χ1v) is 32.6. The van der Waals surface area contributed by atoms with Crippen LogP contribution in [0.4, 0.5) is 17.6 Å². The van der Waals surface area contributed by atoms with Gasteiger partial charge < -0.3 is 24.4 Å². The number of rotatable bonds is 14. The summed E-state index contributed by atoms with van der Waals surface area (Å²) in [5.74, 6) is -3.43. The third-order valence-corrected chi connectivity index (χ3v) is 18.6. The number of nitrogens with zero attached hydrogens (tertiary/aromatic N) is 6. The normalized spacial score (nSPS) is 18.7. The fourth-order valence-corrected chi connectivity index (χ4v) is 13.0. The summed E-state index contributed by atoms with van der Waals surface area (Å²) in [6.45, 7) is 11.3. The standard InChI is InChI=1S/C32H29F2N3O3.C29H32BF2N3O5.C8H8BrN.CH4.S2.H2S/c1-19(38)32-26-9-2-3-11-27(26)37(35-32)18-30(40)36-17-24(33)16-28(36)29(39)15-23-8-5-10-25(31(23)34)22-13-12-20-6-4-7-21(20)14-22;1-17(36)27-20-10-6-7-12-22(20)35(33-27)16-25(38)34-15-19(31)14-23(34)24(37)13-18-9-8-11-21(26(18)32)30-39-28(2,3)29(4,5)40-30;9-8-2-1-6-4-10-5-7(6)3-8;;1-2;/h2-3,5,8-14,24,28H,4,6-7,15-18H2,1H3;6-12,19,23H,13-16H2,1-5H3;1-3,10H,4-5H2;1H4;;1H2/t24-,28+;19-,23+;;;;/m11..../s1. The second-order valence-electron chi connectivity index (χ2n) is 24.8. The average molecular weight is 1410 g/mol. The number of alkyl halides is 2. The van der Waals surface area contributed by atoms with E-state index in [-0.39, 0.29) is 112 Å². The maximum atomic E-state index is 15.6. The maximum absolute atomic E-state index is 15.6. The second kappa shape index (κ2) is 30.7. The summed E-state index contributed by atoms with van der Waals surface area (Å²) < 4.78 is 76.3. The van der Waals surface area contributed by atoms with Crippen LogP contribution >= 0.6 is 29.4 Å². The molecule has 24 heteroatoms. The lowest BCUT2D eigenvalue weighted by molar-refractivity contribution is -0.138. The third-order valence-electron chi connectivity index (χ3n) is 18.1. The van der Waals surface area contributed by atoms with Crippen molar-refractivity contribution < 1.29 is 55.6 Å². The average Bonchev–Trinajstić information content (AvgIpc) is 1.60. The first-order valence-electron chi connectivity index (χ1n) is 30.5. The summed E-state index contributed by atoms with van der Waals surface area (Å²) in [6, 6.07) is 34.1. The summed E-state index contributed by atoms with van der Waals surface area (Å²) in [5.41, 5.74) is 7.44. The van der Waals surface area contributed by atoms with E-state index in [0.29, 0.717) is 27.4 Å². The lowest BCUT2D eigenvalue weighted by atomic mass is 9.77. The topological polar surface area (TPSA) is 175 Å². The van der Waals surface area contributed by atoms with E-state index in [1.807, 2.05) is 45.9 Å². The quantitative estimate of drug-likeness (QED) is 0.0619. The molecule has 1 aliphatic carbocycles. The molecule has 0 saturated carbocycles. The van der Waals surface area contributed by atoms with Crippen molar-refractivity contribution in [3.8, 4) is 11.1 Å². The number of Topliss-reactive ketones (excluding diaryl/α,β-unsaturated/α-hetero) is 4. The first-order chi connectivity index (χ1) is 43.9. The molecule has 15 nitrogen and oxygen atoms in total. The van der Waals surface area contributed by atoms with Crippen molar-refractivity contribution in [2.75, 3.05) is 13.1 Å². The van der Waals surface area contributed by atoms with Crippen LogP contribution in [0.3, 0.4) is 0 Å². The first kappa shape index (κ1) is 72.6. The van der Waals surface area contributed by atoms with Gasteiger partial charge in [-0.3, -0.25) is 38.1 Å². The molecule has 0 bridgehead atoms. The minimum absolute atomic E-state index is 0. The Morgan fingerprint density at radius 1 is 0.617 bits per heavy atom. The van der Waals surface area contributed by atoms with E-state index in [0.717, 1.165) is 37.9 Å². The summed E-state index contributed by atoms with van der Waals surface area (Å²) in [6.07, 6.45) is -0.502. The molecule has 1 N–H and O–H groups in total. The van der Waals surface area contributed by atoms with Gasteiger partial charge in [0.1, 0.15) is 48.5 Å². The molecular formula is C70H75BBrF4N7O8S3. The number of likely N-dealkylation sites (tertiary alicyclic amines) is 2. The van der Waals surface area contributed by atoms with E-state index in [1.54, 1.807) is 78.9 Å². The molecule has 4 aliphatic heterocycles. The van der Waals surface area contributed by atoms with Gasteiger partial charge in [0.15, 0.2) is 23.1 Å². The molecule has 2 aromatic heterocycles. The fourth-order valence-electron chi connectivity index (χ4n) is 12.6. The fraction of sp³-hybridized carbons (Fsp3) is 0.371. The van der Waals surface area contributed by atoms with E-state index in [1.165, 1.54) is 65.8 Å².